The van der Waals surface area contributed by atoms with Gasteiger partial charge in [-0.25, -0.2) is 0 Å². The molecule has 1 atom stereocenters. The summed E-state index contributed by atoms with van der Waals surface area (Å²) in [5.41, 5.74) is 1.44. The Morgan fingerprint density at radius 2 is 2.10 bits per heavy atom. The van der Waals surface area contributed by atoms with Gasteiger partial charge in [0.15, 0.2) is 0 Å². The largest absolute Gasteiger partial charge is 0.435 e. The second-order valence-corrected chi connectivity index (χ2v) is 7.61. The minimum absolute atomic E-state index is 0.0110. The molecule has 1 N–H and O–H groups in total. The lowest BCUT2D eigenvalue weighted by Gasteiger charge is -2.21. The lowest BCUT2D eigenvalue weighted by molar-refractivity contribution is -0.134. The van der Waals surface area contributed by atoms with Gasteiger partial charge >= 0.3 is 6.61 Å². The number of alkyl halides is 2. The maximum absolute atomic E-state index is 12.7. The number of carbonyl (C=O) groups is 1. The first-order valence-electron chi connectivity index (χ1n) is 9.88. The number of nitriles is 1. The number of nitrogens with one attached hydrogen (secondary N) is 1. The zero-order valence-corrected chi connectivity index (χ0v) is 15.9. The van der Waals surface area contributed by atoms with Gasteiger partial charge in [-0.2, -0.15) is 14.0 Å². The van der Waals surface area contributed by atoms with E-state index in [2.05, 4.69) is 21.1 Å². The van der Waals surface area contributed by atoms with Gasteiger partial charge in [-0.3, -0.25) is 9.78 Å². The Hall–Kier alpha value is -2.95. The van der Waals surface area contributed by atoms with Crippen LogP contribution >= 0.6 is 0 Å². The summed E-state index contributed by atoms with van der Waals surface area (Å²) in [6.07, 6.45) is 6.39. The number of fused-ring (bicyclic) bond motifs is 1. The molecule has 2 fully saturated rings. The number of hydrogen-bond donors (Lipinski definition) is 1. The number of rotatable bonds is 5. The van der Waals surface area contributed by atoms with Crippen molar-refractivity contribution in [1.82, 2.24) is 9.88 Å². The van der Waals surface area contributed by atoms with Crippen molar-refractivity contribution in [2.24, 2.45) is 5.92 Å². The highest BCUT2D eigenvalue weighted by Gasteiger charge is 2.32. The van der Waals surface area contributed by atoms with Gasteiger partial charge in [0.1, 0.15) is 11.8 Å². The topological polar surface area (TPSA) is 78.2 Å². The monoisotopic (exact) mass is 400 g/mol. The van der Waals surface area contributed by atoms with Crippen molar-refractivity contribution >= 4 is 22.5 Å². The molecule has 1 aromatic carbocycles. The standard InChI is InChI=1S/C21H22F2N4O2/c22-21(23)29-16-5-6-18-17(9-16)19(14(10-24)11-25-18)26-15-7-8-27(12-15)20(28)13-3-1-2-4-13/h5-6,9,11,13,15,21H,1-4,7-8,12H2,(H,25,26). The van der Waals surface area contributed by atoms with Gasteiger partial charge in [-0.05, 0) is 37.5 Å². The van der Waals surface area contributed by atoms with Crippen molar-refractivity contribution in [1.29, 1.82) is 5.26 Å². The van der Waals surface area contributed by atoms with Gasteiger partial charge in [0, 0.05) is 36.6 Å². The van der Waals surface area contributed by atoms with Crippen LogP contribution in [-0.4, -0.2) is 41.5 Å². The van der Waals surface area contributed by atoms with Crippen molar-refractivity contribution in [3.8, 4) is 11.8 Å². The summed E-state index contributed by atoms with van der Waals surface area (Å²) < 4.78 is 29.7. The summed E-state index contributed by atoms with van der Waals surface area (Å²) in [7, 11) is 0. The maximum atomic E-state index is 12.7. The Morgan fingerprint density at radius 1 is 1.31 bits per heavy atom. The Bertz CT molecular complexity index is 954. The third kappa shape index (κ3) is 4.09. The van der Waals surface area contributed by atoms with Crippen molar-refractivity contribution in [2.75, 3.05) is 18.4 Å². The highest BCUT2D eigenvalue weighted by Crippen LogP contribution is 2.32. The predicted molar refractivity (Wildman–Crippen MR) is 104 cm³/mol. The quantitative estimate of drug-likeness (QED) is 0.823. The fourth-order valence-electron chi connectivity index (χ4n) is 4.30. The lowest BCUT2D eigenvalue weighted by atomic mass is 10.1. The number of anilines is 1. The summed E-state index contributed by atoms with van der Waals surface area (Å²) in [5, 5.41) is 13.4. The number of halogens is 2. The fourth-order valence-corrected chi connectivity index (χ4v) is 4.30. The van der Waals surface area contributed by atoms with Gasteiger partial charge in [0.2, 0.25) is 5.91 Å². The van der Waals surface area contributed by atoms with Crippen LogP contribution < -0.4 is 10.1 Å². The number of carbonyl (C=O) groups excluding carboxylic acids is 1. The van der Waals surface area contributed by atoms with E-state index in [-0.39, 0.29) is 23.6 Å². The fraction of sp³-hybridized carbons (Fsp3) is 0.476. The first-order chi connectivity index (χ1) is 14.0. The molecule has 2 aromatic rings. The Morgan fingerprint density at radius 3 is 2.83 bits per heavy atom. The molecule has 6 nitrogen and oxygen atoms in total. The highest BCUT2D eigenvalue weighted by atomic mass is 19.3. The number of aromatic nitrogens is 1. The van der Waals surface area contributed by atoms with Gasteiger partial charge in [0.05, 0.1) is 16.8 Å². The van der Waals surface area contributed by atoms with E-state index >= 15 is 0 Å². The molecule has 4 rings (SSSR count). The molecule has 152 valence electrons. The second kappa shape index (κ2) is 8.19. The first kappa shape index (κ1) is 19.4. The van der Waals surface area contributed by atoms with Crippen LogP contribution in [0.1, 0.15) is 37.7 Å². The molecule has 1 unspecified atom stereocenters. The molecule has 0 bridgehead atoms. The van der Waals surface area contributed by atoms with Gasteiger partial charge in [0.25, 0.3) is 0 Å². The van der Waals surface area contributed by atoms with E-state index in [0.29, 0.717) is 35.2 Å². The molecular weight excluding hydrogens is 378 g/mol. The summed E-state index contributed by atoms with van der Waals surface area (Å²) in [6, 6.07) is 6.57. The molecule has 1 saturated heterocycles. The minimum Gasteiger partial charge on any atom is -0.435 e. The van der Waals surface area contributed by atoms with Crippen LogP contribution in [0.5, 0.6) is 5.75 Å². The zero-order valence-electron chi connectivity index (χ0n) is 15.9. The second-order valence-electron chi connectivity index (χ2n) is 7.61. The van der Waals surface area contributed by atoms with E-state index in [1.165, 1.54) is 18.3 Å². The van der Waals surface area contributed by atoms with Crippen LogP contribution in [0.25, 0.3) is 10.9 Å². The molecular formula is C21H22F2N4O2. The molecule has 1 aliphatic heterocycles. The Kier molecular flexibility index (Phi) is 5.47. The van der Waals surface area contributed by atoms with E-state index in [9.17, 15) is 18.8 Å². The summed E-state index contributed by atoms with van der Waals surface area (Å²) in [6.45, 7) is -1.68. The van der Waals surface area contributed by atoms with Crippen LogP contribution in [0, 0.1) is 17.2 Å². The molecule has 8 heteroatoms. The smallest absolute Gasteiger partial charge is 0.387 e. The zero-order chi connectivity index (χ0) is 20.4. The van der Waals surface area contributed by atoms with E-state index in [1.807, 2.05) is 4.90 Å². The van der Waals surface area contributed by atoms with Gasteiger partial charge < -0.3 is 15.0 Å². The number of amides is 1. The Labute approximate surface area is 167 Å². The summed E-state index contributed by atoms with van der Waals surface area (Å²) >= 11 is 0. The average molecular weight is 400 g/mol. The van der Waals surface area contributed by atoms with Crippen LogP contribution in [0.4, 0.5) is 14.5 Å². The van der Waals surface area contributed by atoms with E-state index in [1.54, 1.807) is 6.07 Å². The molecule has 1 aromatic heterocycles. The molecule has 1 saturated carbocycles. The lowest BCUT2D eigenvalue weighted by Crippen LogP contribution is -2.35. The van der Waals surface area contributed by atoms with Crippen LogP contribution in [0.15, 0.2) is 24.4 Å². The molecule has 29 heavy (non-hydrogen) atoms. The van der Waals surface area contributed by atoms with Gasteiger partial charge in [-0.1, -0.05) is 12.8 Å². The van der Waals surface area contributed by atoms with E-state index < -0.39 is 6.61 Å². The molecule has 1 amide bonds. The highest BCUT2D eigenvalue weighted by molar-refractivity contribution is 5.95. The predicted octanol–water partition coefficient (Wildman–Crippen LogP) is 3.91. The SMILES string of the molecule is N#Cc1cnc2ccc(OC(F)F)cc2c1NC1CCN(C(=O)C2CCCC2)C1. The summed E-state index contributed by atoms with van der Waals surface area (Å²) in [4.78, 5) is 18.8. The van der Waals surface area contributed by atoms with Gasteiger partial charge in [-0.15, -0.1) is 0 Å². The third-order valence-corrected chi connectivity index (χ3v) is 5.74. The van der Waals surface area contributed by atoms with E-state index in [0.717, 1.165) is 32.1 Å². The van der Waals surface area contributed by atoms with Crippen molar-refractivity contribution in [3.05, 3.63) is 30.0 Å². The number of pyridine rings is 1. The maximum Gasteiger partial charge on any atom is 0.387 e. The molecule has 0 spiro atoms. The van der Waals surface area contributed by atoms with Crippen LogP contribution in [0.3, 0.4) is 0 Å². The number of benzene rings is 1. The molecule has 2 aliphatic rings. The normalized spacial score (nSPS) is 19.7. The van der Waals surface area contributed by atoms with Crippen molar-refractivity contribution in [2.45, 2.75) is 44.8 Å². The third-order valence-electron chi connectivity index (χ3n) is 5.74. The number of hydrogen-bond acceptors (Lipinski definition) is 5. The average Bonchev–Trinajstić information content (AvgIpc) is 3.40. The van der Waals surface area contributed by atoms with Crippen molar-refractivity contribution in [3.63, 3.8) is 0 Å². The van der Waals surface area contributed by atoms with Crippen molar-refractivity contribution < 1.29 is 18.3 Å². The van der Waals surface area contributed by atoms with Crippen LogP contribution in [0.2, 0.25) is 0 Å². The molecule has 0 radical (unpaired) electrons. The number of likely N-dealkylation sites (tertiary alicyclic amines) is 1. The first-order valence-corrected chi connectivity index (χ1v) is 9.88. The number of ether oxygens (including phenoxy) is 1. The van der Waals surface area contributed by atoms with Crippen LogP contribution in [-0.2, 0) is 4.79 Å². The Balaban J connectivity index is 1.56. The number of nitrogens with zero attached hydrogens (tertiary/aromatic N) is 3. The summed E-state index contributed by atoms with van der Waals surface area (Å²) in [5.74, 6) is 0.371. The minimum atomic E-state index is -2.93. The molecule has 1 aliphatic carbocycles. The molecule has 2 heterocycles. The van der Waals surface area contributed by atoms with E-state index in [4.69, 9.17) is 0 Å².